The summed E-state index contributed by atoms with van der Waals surface area (Å²) >= 11 is 0. The van der Waals surface area contributed by atoms with Gasteiger partial charge >= 0.3 is 5.97 Å². The summed E-state index contributed by atoms with van der Waals surface area (Å²) in [4.78, 5) is 38.6. The number of aryl methyl sites for hydroxylation is 1. The van der Waals surface area contributed by atoms with Gasteiger partial charge in [-0.3, -0.25) is 14.4 Å². The zero-order valence-electron chi connectivity index (χ0n) is 13.3. The molecule has 3 N–H and O–H groups in total. The van der Waals surface area contributed by atoms with Crippen LogP contribution in [0.15, 0.2) is 0 Å². The molecule has 6 nitrogen and oxygen atoms in total. The van der Waals surface area contributed by atoms with E-state index in [1.165, 1.54) is 0 Å². The highest BCUT2D eigenvalue weighted by atomic mass is 16.4. The molecule has 1 heterocycles. The lowest BCUT2D eigenvalue weighted by atomic mass is 9.86. The fourth-order valence-corrected chi connectivity index (χ4v) is 3.74. The van der Waals surface area contributed by atoms with Gasteiger partial charge in [0.2, 0.25) is 0 Å². The third kappa shape index (κ3) is 3.02. The first-order valence-corrected chi connectivity index (χ1v) is 8.25. The van der Waals surface area contributed by atoms with Crippen molar-refractivity contribution >= 4 is 17.7 Å². The zero-order chi connectivity index (χ0) is 16.6. The minimum Gasteiger partial charge on any atom is -0.481 e. The number of carbonyl (C=O) groups excluding carboxylic acids is 2. The number of rotatable bonds is 3. The number of Topliss-reactive ketones (excluding diaryl/α,β-unsaturated/α-hetero) is 1. The Hall–Kier alpha value is -2.11. The van der Waals surface area contributed by atoms with Crippen LogP contribution in [-0.2, 0) is 11.2 Å². The van der Waals surface area contributed by atoms with Crippen LogP contribution in [0, 0.1) is 12.8 Å². The minimum absolute atomic E-state index is 0.00790. The Morgan fingerprint density at radius 1 is 1.17 bits per heavy atom. The second kappa shape index (κ2) is 6.18. The van der Waals surface area contributed by atoms with Crippen LogP contribution in [0.25, 0.3) is 0 Å². The number of carboxylic acids is 1. The number of aliphatic carboxylic acids is 1. The van der Waals surface area contributed by atoms with E-state index < -0.39 is 5.97 Å². The number of carboxylic acid groups (broad SMARTS) is 1. The van der Waals surface area contributed by atoms with Gasteiger partial charge in [-0.25, -0.2) is 0 Å². The fourth-order valence-electron chi connectivity index (χ4n) is 3.74. The van der Waals surface area contributed by atoms with Gasteiger partial charge in [-0.1, -0.05) is 0 Å². The van der Waals surface area contributed by atoms with Crippen molar-refractivity contribution in [1.29, 1.82) is 0 Å². The van der Waals surface area contributed by atoms with Crippen LogP contribution in [-0.4, -0.2) is 33.8 Å². The molecule has 1 aromatic heterocycles. The van der Waals surface area contributed by atoms with Gasteiger partial charge in [-0.15, -0.1) is 0 Å². The first-order valence-electron chi connectivity index (χ1n) is 8.25. The second-order valence-electron chi connectivity index (χ2n) is 6.62. The number of hydrogen-bond donors (Lipinski definition) is 3. The average Bonchev–Trinajstić information content (AvgIpc) is 2.86. The maximum atomic E-state index is 12.5. The summed E-state index contributed by atoms with van der Waals surface area (Å²) < 4.78 is 0. The summed E-state index contributed by atoms with van der Waals surface area (Å²) in [5.74, 6) is -1.12. The molecule has 1 amide bonds. The lowest BCUT2D eigenvalue weighted by molar-refractivity contribution is -0.142. The first kappa shape index (κ1) is 15.8. The molecule has 0 unspecified atom stereocenters. The van der Waals surface area contributed by atoms with Gasteiger partial charge in [0.25, 0.3) is 5.91 Å². The number of fused-ring (bicyclic) bond motifs is 1. The molecule has 6 heteroatoms. The Balaban J connectivity index is 1.68. The zero-order valence-corrected chi connectivity index (χ0v) is 13.3. The number of H-pyrrole nitrogens is 1. The highest BCUT2D eigenvalue weighted by Crippen LogP contribution is 2.28. The normalized spacial score (nSPS) is 24.1. The molecular formula is C17H22N2O4. The Morgan fingerprint density at radius 3 is 2.48 bits per heavy atom. The molecule has 0 radical (unpaired) electrons. The number of aromatic amines is 1. The SMILES string of the molecule is Cc1c(C(=O)NC2CCC(C(=O)O)CC2)[nH]c2c1C(=O)CCC2. The highest BCUT2D eigenvalue weighted by molar-refractivity contribution is 6.04. The number of ketones is 1. The van der Waals surface area contributed by atoms with E-state index in [1.807, 2.05) is 6.92 Å². The largest absolute Gasteiger partial charge is 0.481 e. The molecule has 0 aliphatic heterocycles. The molecule has 1 aromatic rings. The van der Waals surface area contributed by atoms with E-state index in [1.54, 1.807) is 0 Å². The first-order chi connectivity index (χ1) is 11.0. The van der Waals surface area contributed by atoms with Gasteiger partial charge in [0.05, 0.1) is 5.92 Å². The van der Waals surface area contributed by atoms with Crippen molar-refractivity contribution in [2.75, 3.05) is 0 Å². The number of aromatic nitrogens is 1. The van der Waals surface area contributed by atoms with Gasteiger partial charge in [0, 0.05) is 23.7 Å². The van der Waals surface area contributed by atoms with E-state index in [9.17, 15) is 14.4 Å². The Morgan fingerprint density at radius 2 is 1.87 bits per heavy atom. The number of amides is 1. The van der Waals surface area contributed by atoms with Crippen LogP contribution >= 0.6 is 0 Å². The third-order valence-electron chi connectivity index (χ3n) is 5.08. The van der Waals surface area contributed by atoms with Gasteiger partial charge in [0.1, 0.15) is 5.69 Å². The lowest BCUT2D eigenvalue weighted by Crippen LogP contribution is -2.39. The highest BCUT2D eigenvalue weighted by Gasteiger charge is 2.29. The molecule has 0 spiro atoms. The number of nitrogens with one attached hydrogen (secondary N) is 2. The van der Waals surface area contributed by atoms with E-state index in [0.717, 1.165) is 24.1 Å². The average molecular weight is 318 g/mol. The Kier molecular flexibility index (Phi) is 4.24. The van der Waals surface area contributed by atoms with Crippen LogP contribution in [0.5, 0.6) is 0 Å². The van der Waals surface area contributed by atoms with E-state index in [2.05, 4.69) is 10.3 Å². The third-order valence-corrected chi connectivity index (χ3v) is 5.08. The molecule has 124 valence electrons. The van der Waals surface area contributed by atoms with Crippen molar-refractivity contribution in [2.24, 2.45) is 5.92 Å². The van der Waals surface area contributed by atoms with Crippen molar-refractivity contribution in [3.8, 4) is 0 Å². The fraction of sp³-hybridized carbons (Fsp3) is 0.588. The van der Waals surface area contributed by atoms with E-state index in [0.29, 0.717) is 43.4 Å². The summed E-state index contributed by atoms with van der Waals surface area (Å²) in [5.41, 5.74) is 2.78. The van der Waals surface area contributed by atoms with Crippen molar-refractivity contribution < 1.29 is 19.5 Å². The van der Waals surface area contributed by atoms with Gasteiger partial charge < -0.3 is 15.4 Å². The number of carbonyl (C=O) groups is 3. The summed E-state index contributed by atoms with van der Waals surface area (Å²) in [6.45, 7) is 1.81. The summed E-state index contributed by atoms with van der Waals surface area (Å²) in [5, 5.41) is 12.0. The van der Waals surface area contributed by atoms with E-state index in [-0.39, 0.29) is 23.7 Å². The lowest BCUT2D eigenvalue weighted by Gasteiger charge is -2.26. The van der Waals surface area contributed by atoms with Crippen molar-refractivity contribution in [3.05, 3.63) is 22.5 Å². The molecule has 0 atom stereocenters. The van der Waals surface area contributed by atoms with Crippen LogP contribution in [0.2, 0.25) is 0 Å². The predicted molar refractivity (Wildman–Crippen MR) is 83.6 cm³/mol. The predicted octanol–water partition coefficient (Wildman–Crippen LogP) is 2.22. The van der Waals surface area contributed by atoms with Crippen LogP contribution < -0.4 is 5.32 Å². The molecule has 1 fully saturated rings. The summed E-state index contributed by atoms with van der Waals surface area (Å²) in [6, 6.07) is 0.00790. The molecule has 2 aliphatic rings. The van der Waals surface area contributed by atoms with E-state index >= 15 is 0 Å². The topological polar surface area (TPSA) is 99.3 Å². The molecule has 2 aliphatic carbocycles. The van der Waals surface area contributed by atoms with Crippen LogP contribution in [0.1, 0.15) is 70.6 Å². The van der Waals surface area contributed by atoms with Gasteiger partial charge in [-0.05, 0) is 51.0 Å². The molecule has 1 saturated carbocycles. The quantitative estimate of drug-likeness (QED) is 0.795. The van der Waals surface area contributed by atoms with Crippen LogP contribution in [0.3, 0.4) is 0 Å². The van der Waals surface area contributed by atoms with Crippen LogP contribution in [0.4, 0.5) is 0 Å². The van der Waals surface area contributed by atoms with E-state index in [4.69, 9.17) is 5.11 Å². The second-order valence-corrected chi connectivity index (χ2v) is 6.62. The molecule has 23 heavy (non-hydrogen) atoms. The van der Waals surface area contributed by atoms with Gasteiger partial charge in [-0.2, -0.15) is 0 Å². The Labute approximate surface area is 134 Å². The molecule has 0 saturated heterocycles. The molecule has 0 aromatic carbocycles. The summed E-state index contributed by atoms with van der Waals surface area (Å²) in [6.07, 6.45) is 4.73. The maximum Gasteiger partial charge on any atom is 0.306 e. The number of hydrogen-bond acceptors (Lipinski definition) is 3. The van der Waals surface area contributed by atoms with Crippen molar-refractivity contribution in [1.82, 2.24) is 10.3 Å². The summed E-state index contributed by atoms with van der Waals surface area (Å²) in [7, 11) is 0. The van der Waals surface area contributed by atoms with Gasteiger partial charge in [0.15, 0.2) is 5.78 Å². The monoisotopic (exact) mass is 318 g/mol. The smallest absolute Gasteiger partial charge is 0.306 e. The molecule has 0 bridgehead atoms. The minimum atomic E-state index is -0.749. The van der Waals surface area contributed by atoms with Crippen molar-refractivity contribution in [3.63, 3.8) is 0 Å². The standard InChI is InChI=1S/C17H22N2O4/c1-9-14-12(3-2-4-13(14)20)19-15(9)16(21)18-11-7-5-10(6-8-11)17(22)23/h10-11,19H,2-8H2,1H3,(H,18,21)(H,22,23). The Bertz CT molecular complexity index is 654. The molecule has 3 rings (SSSR count). The molecular weight excluding hydrogens is 296 g/mol. The van der Waals surface area contributed by atoms with Crippen molar-refractivity contribution in [2.45, 2.75) is 57.9 Å². The maximum absolute atomic E-state index is 12.5.